The number of ether oxygens (including phenoxy) is 1. The van der Waals surface area contributed by atoms with Gasteiger partial charge in [-0.15, -0.1) is 0 Å². The Kier molecular flexibility index (Phi) is 5.86. The normalized spacial score (nSPS) is 23.6. The molecule has 0 amide bonds. The van der Waals surface area contributed by atoms with Crippen LogP contribution in [0.2, 0.25) is 0 Å². The second kappa shape index (κ2) is 7.65. The molecule has 1 aromatic carbocycles. The molecule has 1 saturated carbocycles. The maximum absolute atomic E-state index is 6.32. The van der Waals surface area contributed by atoms with Crippen LogP contribution in [0.1, 0.15) is 37.7 Å². The average molecular weight is 276 g/mol. The minimum Gasteiger partial charge on any atom is -0.497 e. The van der Waals surface area contributed by atoms with Crippen molar-refractivity contribution in [2.75, 3.05) is 20.7 Å². The summed E-state index contributed by atoms with van der Waals surface area (Å²) in [5.41, 5.74) is 7.62. The van der Waals surface area contributed by atoms with E-state index in [2.05, 4.69) is 30.1 Å². The number of hydrogen-bond donors (Lipinski definition) is 1. The van der Waals surface area contributed by atoms with Crippen molar-refractivity contribution in [1.29, 1.82) is 0 Å². The Morgan fingerprint density at radius 3 is 2.85 bits per heavy atom. The summed E-state index contributed by atoms with van der Waals surface area (Å²) in [6, 6.07) is 8.70. The molecule has 0 bridgehead atoms. The zero-order valence-corrected chi connectivity index (χ0v) is 12.8. The second-order valence-electron chi connectivity index (χ2n) is 6.11. The van der Waals surface area contributed by atoms with E-state index < -0.39 is 0 Å². The molecule has 112 valence electrons. The van der Waals surface area contributed by atoms with Gasteiger partial charge in [-0.3, -0.25) is 0 Å². The monoisotopic (exact) mass is 276 g/mol. The summed E-state index contributed by atoms with van der Waals surface area (Å²) in [7, 11) is 3.91. The molecule has 0 spiro atoms. The van der Waals surface area contributed by atoms with Crippen molar-refractivity contribution < 1.29 is 4.74 Å². The van der Waals surface area contributed by atoms with Crippen molar-refractivity contribution in [1.82, 2.24) is 4.90 Å². The van der Waals surface area contributed by atoms with Crippen molar-refractivity contribution in [2.45, 2.75) is 44.7 Å². The Bertz CT molecular complexity index is 408. The highest BCUT2D eigenvalue weighted by molar-refractivity contribution is 5.28. The summed E-state index contributed by atoms with van der Waals surface area (Å²) in [4.78, 5) is 2.39. The maximum atomic E-state index is 6.32. The van der Waals surface area contributed by atoms with Gasteiger partial charge in [-0.1, -0.05) is 31.4 Å². The minimum absolute atomic E-state index is 0.380. The van der Waals surface area contributed by atoms with Gasteiger partial charge in [0.15, 0.2) is 0 Å². The fourth-order valence-corrected chi connectivity index (χ4v) is 3.19. The van der Waals surface area contributed by atoms with E-state index in [9.17, 15) is 0 Å². The average Bonchev–Trinajstić information content (AvgIpc) is 2.64. The third kappa shape index (κ3) is 4.50. The summed E-state index contributed by atoms with van der Waals surface area (Å²) in [5, 5.41) is 0. The van der Waals surface area contributed by atoms with Gasteiger partial charge in [0.2, 0.25) is 0 Å². The van der Waals surface area contributed by atoms with Crippen molar-refractivity contribution in [2.24, 2.45) is 11.7 Å². The molecule has 3 nitrogen and oxygen atoms in total. The molecule has 0 aromatic heterocycles. The van der Waals surface area contributed by atoms with Crippen LogP contribution in [0, 0.1) is 5.92 Å². The zero-order chi connectivity index (χ0) is 14.4. The molecule has 3 heteroatoms. The first-order valence-electron chi connectivity index (χ1n) is 7.76. The molecule has 1 fully saturated rings. The molecule has 0 aliphatic heterocycles. The standard InChI is InChI=1S/C17H28N2O/c1-19(12-14-7-6-9-16(11-14)20-2)13-15-8-4-3-5-10-17(15)18/h6-7,9,11,15,17H,3-5,8,10,12-13,18H2,1-2H3. The number of nitrogens with two attached hydrogens (primary N) is 1. The number of benzene rings is 1. The van der Waals surface area contributed by atoms with E-state index in [-0.39, 0.29) is 0 Å². The molecule has 20 heavy (non-hydrogen) atoms. The van der Waals surface area contributed by atoms with Gasteiger partial charge >= 0.3 is 0 Å². The Hall–Kier alpha value is -1.06. The fraction of sp³-hybridized carbons (Fsp3) is 0.647. The molecule has 2 atom stereocenters. The highest BCUT2D eigenvalue weighted by Crippen LogP contribution is 2.23. The van der Waals surface area contributed by atoms with Gasteiger partial charge in [-0.05, 0) is 43.5 Å². The summed E-state index contributed by atoms with van der Waals surface area (Å²) in [6.45, 7) is 2.05. The van der Waals surface area contributed by atoms with Crippen LogP contribution < -0.4 is 10.5 Å². The zero-order valence-electron chi connectivity index (χ0n) is 12.8. The Morgan fingerprint density at radius 1 is 1.25 bits per heavy atom. The molecular formula is C17H28N2O. The van der Waals surface area contributed by atoms with Crippen LogP contribution in [0.4, 0.5) is 0 Å². The molecule has 2 unspecified atom stereocenters. The van der Waals surface area contributed by atoms with E-state index in [1.807, 2.05) is 6.07 Å². The van der Waals surface area contributed by atoms with Crippen molar-refractivity contribution in [3.63, 3.8) is 0 Å². The summed E-state index contributed by atoms with van der Waals surface area (Å²) in [6.07, 6.45) is 6.47. The lowest BCUT2D eigenvalue weighted by Crippen LogP contribution is -2.37. The van der Waals surface area contributed by atoms with Crippen LogP contribution in [0.25, 0.3) is 0 Å². The number of methoxy groups -OCH3 is 1. The predicted molar refractivity (Wildman–Crippen MR) is 83.9 cm³/mol. The van der Waals surface area contributed by atoms with Gasteiger partial charge in [0.1, 0.15) is 5.75 Å². The molecule has 0 radical (unpaired) electrons. The van der Waals surface area contributed by atoms with Gasteiger partial charge in [0.05, 0.1) is 7.11 Å². The first-order chi connectivity index (χ1) is 9.69. The first-order valence-corrected chi connectivity index (χ1v) is 7.76. The van der Waals surface area contributed by atoms with Crippen LogP contribution in [0.15, 0.2) is 24.3 Å². The second-order valence-corrected chi connectivity index (χ2v) is 6.11. The highest BCUT2D eigenvalue weighted by Gasteiger charge is 2.21. The van der Waals surface area contributed by atoms with Crippen LogP contribution in [-0.4, -0.2) is 31.6 Å². The number of nitrogens with zero attached hydrogens (tertiary/aromatic N) is 1. The van der Waals surface area contributed by atoms with Crippen LogP contribution in [0.3, 0.4) is 0 Å². The van der Waals surface area contributed by atoms with E-state index in [1.54, 1.807) is 7.11 Å². The molecule has 1 aliphatic carbocycles. The van der Waals surface area contributed by atoms with E-state index in [0.717, 1.165) is 18.8 Å². The maximum Gasteiger partial charge on any atom is 0.119 e. The Balaban J connectivity index is 1.88. The lowest BCUT2D eigenvalue weighted by atomic mass is 9.95. The molecule has 0 heterocycles. The molecule has 1 aromatic rings. The summed E-state index contributed by atoms with van der Waals surface area (Å²) < 4.78 is 5.28. The van der Waals surface area contributed by atoms with Gasteiger partial charge < -0.3 is 15.4 Å². The third-order valence-corrected chi connectivity index (χ3v) is 4.35. The lowest BCUT2D eigenvalue weighted by Gasteiger charge is -2.27. The van der Waals surface area contributed by atoms with Crippen molar-refractivity contribution in [3.8, 4) is 5.75 Å². The summed E-state index contributed by atoms with van der Waals surface area (Å²) >= 11 is 0. The third-order valence-electron chi connectivity index (χ3n) is 4.35. The van der Waals surface area contributed by atoms with Crippen LogP contribution in [-0.2, 0) is 6.54 Å². The van der Waals surface area contributed by atoms with E-state index in [4.69, 9.17) is 10.5 Å². The fourth-order valence-electron chi connectivity index (χ4n) is 3.19. The first kappa shape index (κ1) is 15.3. The van der Waals surface area contributed by atoms with Crippen molar-refractivity contribution >= 4 is 0 Å². The van der Waals surface area contributed by atoms with Crippen LogP contribution in [0.5, 0.6) is 5.75 Å². The van der Waals surface area contributed by atoms with E-state index in [1.165, 1.54) is 37.7 Å². The molecule has 1 aliphatic rings. The van der Waals surface area contributed by atoms with Gasteiger partial charge in [0.25, 0.3) is 0 Å². The molecular weight excluding hydrogens is 248 g/mol. The molecule has 2 rings (SSSR count). The summed E-state index contributed by atoms with van der Waals surface area (Å²) in [5.74, 6) is 1.58. The Labute approximate surface area is 123 Å². The lowest BCUT2D eigenvalue weighted by molar-refractivity contribution is 0.236. The number of hydrogen-bond acceptors (Lipinski definition) is 3. The van der Waals surface area contributed by atoms with Gasteiger partial charge in [-0.25, -0.2) is 0 Å². The smallest absolute Gasteiger partial charge is 0.119 e. The van der Waals surface area contributed by atoms with E-state index >= 15 is 0 Å². The topological polar surface area (TPSA) is 38.5 Å². The van der Waals surface area contributed by atoms with Gasteiger partial charge in [0, 0.05) is 19.1 Å². The van der Waals surface area contributed by atoms with Crippen LogP contribution >= 0.6 is 0 Å². The van der Waals surface area contributed by atoms with Crippen molar-refractivity contribution in [3.05, 3.63) is 29.8 Å². The quantitative estimate of drug-likeness (QED) is 0.840. The predicted octanol–water partition coefficient (Wildman–Crippen LogP) is 3.03. The highest BCUT2D eigenvalue weighted by atomic mass is 16.5. The SMILES string of the molecule is COc1cccc(CN(C)CC2CCCCCC2N)c1. The van der Waals surface area contributed by atoms with Gasteiger partial charge in [-0.2, -0.15) is 0 Å². The Morgan fingerprint density at radius 2 is 2.05 bits per heavy atom. The molecule has 0 saturated heterocycles. The van der Waals surface area contributed by atoms with E-state index in [0.29, 0.717) is 12.0 Å². The number of rotatable bonds is 5. The minimum atomic E-state index is 0.380. The largest absolute Gasteiger partial charge is 0.497 e. The molecule has 2 N–H and O–H groups in total.